The largest absolute Gasteiger partial charge is 0.495 e. The van der Waals surface area contributed by atoms with Crippen molar-refractivity contribution in [2.24, 2.45) is 5.41 Å². The molecule has 1 aromatic heterocycles. The van der Waals surface area contributed by atoms with E-state index in [1.807, 2.05) is 24.1 Å². The Balaban J connectivity index is 1.18. The minimum Gasteiger partial charge on any atom is -0.495 e. The molecule has 0 bridgehead atoms. The van der Waals surface area contributed by atoms with Crippen LogP contribution in [-0.2, 0) is 4.79 Å². The lowest BCUT2D eigenvalue weighted by Gasteiger charge is -2.53. The molecule has 1 saturated heterocycles. The predicted molar refractivity (Wildman–Crippen MR) is 151 cm³/mol. The maximum absolute atomic E-state index is 13.3. The van der Waals surface area contributed by atoms with Gasteiger partial charge in [0.2, 0.25) is 11.9 Å². The van der Waals surface area contributed by atoms with Crippen LogP contribution in [0.1, 0.15) is 61.7 Å². The highest BCUT2D eigenvalue weighted by atomic mass is 16.5. The number of methoxy groups -OCH3 is 1. The maximum Gasteiger partial charge on any atom is 0.253 e. The zero-order valence-electron chi connectivity index (χ0n) is 23.2. The Hall–Kier alpha value is -3.40. The second kappa shape index (κ2) is 10.3. The predicted octanol–water partition coefficient (Wildman–Crippen LogP) is 3.56. The Bertz CT molecular complexity index is 1250. The summed E-state index contributed by atoms with van der Waals surface area (Å²) in [6.45, 7) is 2.49. The van der Waals surface area contributed by atoms with E-state index in [9.17, 15) is 9.59 Å². The SMILES string of the molecule is COc1cc(C(=O)N(C)C2CC3(CCNCC3)C2)ccc1Nc1ncc2c(n1)N(C1CCCC1)CC(=O)N2C. The molecule has 208 valence electrons. The molecule has 2 aliphatic carbocycles. The minimum atomic E-state index is 0.0126. The third-order valence-corrected chi connectivity index (χ3v) is 9.39. The van der Waals surface area contributed by atoms with E-state index in [1.165, 1.54) is 25.7 Å². The normalized spacial score (nSPS) is 21.1. The highest BCUT2D eigenvalue weighted by molar-refractivity contribution is 6.02. The van der Waals surface area contributed by atoms with Crippen LogP contribution < -0.4 is 25.2 Å². The number of benzene rings is 1. The summed E-state index contributed by atoms with van der Waals surface area (Å²) in [6, 6.07) is 6.08. The summed E-state index contributed by atoms with van der Waals surface area (Å²) in [5.41, 5.74) is 2.42. The Labute approximate surface area is 230 Å². The smallest absolute Gasteiger partial charge is 0.253 e. The molecule has 6 rings (SSSR count). The number of hydrogen-bond donors (Lipinski definition) is 2. The van der Waals surface area contributed by atoms with Crippen molar-refractivity contribution in [2.45, 2.75) is 63.5 Å². The molecule has 1 aromatic carbocycles. The number of nitrogens with zero attached hydrogens (tertiary/aromatic N) is 5. The number of hydrogen-bond acceptors (Lipinski definition) is 8. The van der Waals surface area contributed by atoms with Crippen molar-refractivity contribution in [3.05, 3.63) is 30.0 Å². The Morgan fingerprint density at radius 3 is 2.67 bits per heavy atom. The second-order valence-electron chi connectivity index (χ2n) is 11.7. The van der Waals surface area contributed by atoms with E-state index in [0.717, 1.165) is 50.3 Å². The lowest BCUT2D eigenvalue weighted by Crippen LogP contribution is -2.54. The summed E-state index contributed by atoms with van der Waals surface area (Å²) in [5.74, 6) is 1.83. The number of anilines is 4. The van der Waals surface area contributed by atoms with E-state index in [-0.39, 0.29) is 17.9 Å². The van der Waals surface area contributed by atoms with Crippen LogP contribution in [0.4, 0.5) is 23.1 Å². The van der Waals surface area contributed by atoms with Crippen LogP contribution in [0.2, 0.25) is 0 Å². The quantitative estimate of drug-likeness (QED) is 0.581. The maximum atomic E-state index is 13.3. The number of likely N-dealkylation sites (N-methyl/N-ethyl adjacent to an activating group) is 1. The number of fused-ring (bicyclic) bond motifs is 1. The van der Waals surface area contributed by atoms with Gasteiger partial charge in [-0.25, -0.2) is 4.98 Å². The van der Waals surface area contributed by atoms with Gasteiger partial charge >= 0.3 is 0 Å². The number of amides is 2. The van der Waals surface area contributed by atoms with Gasteiger partial charge in [0.25, 0.3) is 5.91 Å². The number of nitrogens with one attached hydrogen (secondary N) is 2. The van der Waals surface area contributed by atoms with Crippen LogP contribution in [-0.4, -0.2) is 79.6 Å². The molecule has 39 heavy (non-hydrogen) atoms. The van der Waals surface area contributed by atoms with Gasteiger partial charge < -0.3 is 30.1 Å². The number of carbonyl (C=O) groups is 2. The standard InChI is InChI=1S/C29H39N7O3/c1-34(21-15-29(16-21)10-12-30-13-11-29)27(38)19-8-9-22(24(14-19)39-3)32-28-31-17-23-26(33-28)36(18-25(37)35(23)2)20-6-4-5-7-20/h8-9,14,17,20-21,30H,4-7,10-13,15-16,18H2,1-3H3,(H,31,32,33). The first-order valence-corrected chi connectivity index (χ1v) is 14.2. The first-order chi connectivity index (χ1) is 18.9. The fourth-order valence-corrected chi connectivity index (χ4v) is 6.85. The first kappa shape index (κ1) is 25.9. The van der Waals surface area contributed by atoms with Crippen LogP contribution in [0, 0.1) is 5.41 Å². The lowest BCUT2D eigenvalue weighted by atomic mass is 9.60. The van der Waals surface area contributed by atoms with Gasteiger partial charge in [0, 0.05) is 31.7 Å². The Morgan fingerprint density at radius 2 is 1.95 bits per heavy atom. The average Bonchev–Trinajstić information content (AvgIpc) is 3.48. The van der Waals surface area contributed by atoms with Crippen molar-refractivity contribution in [3.8, 4) is 5.75 Å². The van der Waals surface area contributed by atoms with Crippen LogP contribution in [0.25, 0.3) is 0 Å². The highest BCUT2D eigenvalue weighted by Gasteiger charge is 2.47. The molecular formula is C29H39N7O3. The van der Waals surface area contributed by atoms with E-state index < -0.39 is 0 Å². The van der Waals surface area contributed by atoms with Crippen molar-refractivity contribution < 1.29 is 14.3 Å². The second-order valence-corrected chi connectivity index (χ2v) is 11.7. The molecule has 0 atom stereocenters. The third-order valence-electron chi connectivity index (χ3n) is 9.39. The zero-order chi connectivity index (χ0) is 27.1. The van der Waals surface area contributed by atoms with E-state index >= 15 is 0 Å². The molecule has 10 nitrogen and oxygen atoms in total. The summed E-state index contributed by atoms with van der Waals surface area (Å²) < 4.78 is 5.67. The van der Waals surface area contributed by atoms with Gasteiger partial charge in [0.15, 0.2) is 5.82 Å². The number of aromatic nitrogens is 2. The van der Waals surface area contributed by atoms with Gasteiger partial charge in [-0.15, -0.1) is 0 Å². The average molecular weight is 534 g/mol. The fourth-order valence-electron chi connectivity index (χ4n) is 6.85. The van der Waals surface area contributed by atoms with Crippen LogP contribution in [0.15, 0.2) is 24.4 Å². The van der Waals surface area contributed by atoms with Gasteiger partial charge in [-0.1, -0.05) is 12.8 Å². The third kappa shape index (κ3) is 4.79. The van der Waals surface area contributed by atoms with Gasteiger partial charge in [0.05, 0.1) is 25.5 Å². The molecular weight excluding hydrogens is 494 g/mol. The van der Waals surface area contributed by atoms with Crippen molar-refractivity contribution in [1.82, 2.24) is 20.2 Å². The molecule has 2 amide bonds. The minimum absolute atomic E-state index is 0.0126. The number of carbonyl (C=O) groups excluding carboxylic acids is 2. The molecule has 0 radical (unpaired) electrons. The summed E-state index contributed by atoms with van der Waals surface area (Å²) in [4.78, 5) is 41.0. The van der Waals surface area contributed by atoms with Crippen LogP contribution in [0.3, 0.4) is 0 Å². The van der Waals surface area contributed by atoms with Gasteiger partial charge in [0.1, 0.15) is 11.4 Å². The van der Waals surface area contributed by atoms with Gasteiger partial charge in [-0.3, -0.25) is 9.59 Å². The fraction of sp³-hybridized carbons (Fsp3) is 0.586. The highest BCUT2D eigenvalue weighted by Crippen LogP contribution is 2.50. The Morgan fingerprint density at radius 1 is 1.21 bits per heavy atom. The van der Waals surface area contributed by atoms with E-state index in [4.69, 9.17) is 9.72 Å². The topological polar surface area (TPSA) is 103 Å². The Kier molecular flexibility index (Phi) is 6.82. The zero-order valence-corrected chi connectivity index (χ0v) is 23.2. The number of ether oxygens (including phenoxy) is 1. The van der Waals surface area contributed by atoms with Crippen molar-refractivity contribution in [1.29, 1.82) is 0 Å². The molecule has 2 aliphatic heterocycles. The van der Waals surface area contributed by atoms with Crippen molar-refractivity contribution >= 4 is 35.0 Å². The molecule has 2 aromatic rings. The molecule has 2 N–H and O–H groups in total. The molecule has 1 spiro atoms. The van der Waals surface area contributed by atoms with Gasteiger partial charge in [-0.2, -0.15) is 4.98 Å². The lowest BCUT2D eigenvalue weighted by molar-refractivity contribution is -0.117. The van der Waals surface area contributed by atoms with Crippen LogP contribution >= 0.6 is 0 Å². The summed E-state index contributed by atoms with van der Waals surface area (Å²) in [5, 5.41) is 6.72. The van der Waals surface area contributed by atoms with E-state index in [1.54, 1.807) is 31.3 Å². The summed E-state index contributed by atoms with van der Waals surface area (Å²) in [6.07, 6.45) is 10.8. The summed E-state index contributed by atoms with van der Waals surface area (Å²) >= 11 is 0. The summed E-state index contributed by atoms with van der Waals surface area (Å²) in [7, 11) is 5.29. The van der Waals surface area contributed by atoms with Crippen molar-refractivity contribution in [3.63, 3.8) is 0 Å². The number of piperidine rings is 1. The molecule has 3 fully saturated rings. The van der Waals surface area contributed by atoms with E-state index in [2.05, 4.69) is 20.5 Å². The van der Waals surface area contributed by atoms with Crippen molar-refractivity contribution in [2.75, 3.05) is 56.0 Å². The first-order valence-electron chi connectivity index (χ1n) is 14.2. The van der Waals surface area contributed by atoms with Crippen LogP contribution in [0.5, 0.6) is 5.75 Å². The monoisotopic (exact) mass is 533 g/mol. The molecule has 10 heteroatoms. The number of rotatable bonds is 6. The van der Waals surface area contributed by atoms with Gasteiger partial charge in [-0.05, 0) is 75.2 Å². The molecule has 0 unspecified atom stereocenters. The molecule has 2 saturated carbocycles. The molecule has 4 aliphatic rings. The molecule has 3 heterocycles. The van der Waals surface area contributed by atoms with E-state index in [0.29, 0.717) is 41.0 Å².